The van der Waals surface area contributed by atoms with Gasteiger partial charge in [0, 0.05) is 24.7 Å². The van der Waals surface area contributed by atoms with Gasteiger partial charge in [-0.1, -0.05) is 17.7 Å². The molecule has 0 aromatic heterocycles. The summed E-state index contributed by atoms with van der Waals surface area (Å²) in [6.45, 7) is 3.12. The molecule has 0 bridgehead atoms. The van der Waals surface area contributed by atoms with Crippen LogP contribution in [0.3, 0.4) is 0 Å². The molecular formula is C8H15ClN2. The van der Waals surface area contributed by atoms with Crippen molar-refractivity contribution in [2.24, 2.45) is 5.73 Å². The quantitative estimate of drug-likeness (QED) is 0.681. The number of hydrogen-bond acceptors (Lipinski definition) is 2. The summed E-state index contributed by atoms with van der Waals surface area (Å²) in [4.78, 5) is 2.33. The summed E-state index contributed by atoms with van der Waals surface area (Å²) < 4.78 is 0. The Morgan fingerprint density at radius 3 is 3.09 bits per heavy atom. The van der Waals surface area contributed by atoms with Crippen LogP contribution in [-0.2, 0) is 0 Å². The van der Waals surface area contributed by atoms with Crippen molar-refractivity contribution in [1.82, 2.24) is 4.90 Å². The lowest BCUT2D eigenvalue weighted by Crippen LogP contribution is -2.42. The Kier molecular flexibility index (Phi) is 3.91. The average Bonchev–Trinajstić information content (AvgIpc) is 2.01. The largest absolute Gasteiger partial charge is 0.327 e. The second-order valence-electron chi connectivity index (χ2n) is 3.02. The second kappa shape index (κ2) is 4.75. The summed E-state index contributed by atoms with van der Waals surface area (Å²) in [7, 11) is 0. The number of likely N-dealkylation sites (tertiary alicyclic amines) is 1. The van der Waals surface area contributed by atoms with E-state index in [2.05, 4.69) is 4.90 Å². The lowest BCUT2D eigenvalue weighted by Gasteiger charge is -2.29. The van der Waals surface area contributed by atoms with Crippen LogP contribution in [0.25, 0.3) is 0 Å². The fraction of sp³-hybridized carbons (Fsp3) is 0.750. The number of rotatable bonds is 2. The smallest absolute Gasteiger partial charge is 0.0175 e. The van der Waals surface area contributed by atoms with Gasteiger partial charge < -0.3 is 5.73 Å². The van der Waals surface area contributed by atoms with Crippen molar-refractivity contribution in [2.75, 3.05) is 19.6 Å². The Bertz CT molecular complexity index is 136. The maximum atomic E-state index is 5.80. The molecule has 3 heteroatoms. The van der Waals surface area contributed by atoms with E-state index >= 15 is 0 Å². The third-order valence-electron chi connectivity index (χ3n) is 1.99. The minimum absolute atomic E-state index is 0.368. The van der Waals surface area contributed by atoms with Gasteiger partial charge in [-0.05, 0) is 19.4 Å². The molecule has 0 saturated carbocycles. The summed E-state index contributed by atoms with van der Waals surface area (Å²) >= 11 is 5.42. The molecule has 0 aromatic carbocycles. The van der Waals surface area contributed by atoms with Gasteiger partial charge in [-0.25, -0.2) is 0 Å². The molecule has 0 spiro atoms. The van der Waals surface area contributed by atoms with Crippen LogP contribution in [-0.4, -0.2) is 30.6 Å². The maximum Gasteiger partial charge on any atom is 0.0175 e. The summed E-state index contributed by atoms with van der Waals surface area (Å²) in [6, 6.07) is 0.368. The van der Waals surface area contributed by atoms with E-state index in [0.717, 1.165) is 19.6 Å². The summed E-state index contributed by atoms with van der Waals surface area (Å²) in [5, 5.41) is 0. The summed E-state index contributed by atoms with van der Waals surface area (Å²) in [6.07, 6.45) is 4.35. The third-order valence-corrected chi connectivity index (χ3v) is 2.17. The molecule has 1 rings (SSSR count). The van der Waals surface area contributed by atoms with Crippen molar-refractivity contribution >= 4 is 11.6 Å². The van der Waals surface area contributed by atoms with Gasteiger partial charge in [0.1, 0.15) is 0 Å². The number of hydrogen-bond donors (Lipinski definition) is 1. The molecule has 2 nitrogen and oxygen atoms in total. The number of piperidine rings is 1. The van der Waals surface area contributed by atoms with Crippen molar-refractivity contribution in [3.63, 3.8) is 0 Å². The molecule has 2 N–H and O–H groups in total. The van der Waals surface area contributed by atoms with Gasteiger partial charge in [0.05, 0.1) is 0 Å². The predicted molar refractivity (Wildman–Crippen MR) is 48.6 cm³/mol. The van der Waals surface area contributed by atoms with Gasteiger partial charge in [0.15, 0.2) is 0 Å². The van der Waals surface area contributed by atoms with Crippen molar-refractivity contribution in [2.45, 2.75) is 18.9 Å². The van der Waals surface area contributed by atoms with Crippen molar-refractivity contribution in [3.8, 4) is 0 Å². The highest BCUT2D eigenvalue weighted by Gasteiger charge is 2.14. The summed E-state index contributed by atoms with van der Waals surface area (Å²) in [5.74, 6) is 0. The highest BCUT2D eigenvalue weighted by Crippen LogP contribution is 2.07. The second-order valence-corrected chi connectivity index (χ2v) is 3.28. The first kappa shape index (κ1) is 9.04. The number of nitrogens with two attached hydrogens (primary N) is 1. The molecule has 1 aliphatic heterocycles. The molecule has 1 atom stereocenters. The van der Waals surface area contributed by atoms with Gasteiger partial charge in [0.25, 0.3) is 0 Å². The fourth-order valence-electron chi connectivity index (χ4n) is 1.45. The van der Waals surface area contributed by atoms with E-state index < -0.39 is 0 Å². The highest BCUT2D eigenvalue weighted by atomic mass is 35.5. The molecule has 0 unspecified atom stereocenters. The topological polar surface area (TPSA) is 29.3 Å². The molecule has 0 aliphatic carbocycles. The van der Waals surface area contributed by atoms with E-state index in [9.17, 15) is 0 Å². The molecule has 1 heterocycles. The van der Waals surface area contributed by atoms with Crippen LogP contribution in [0.1, 0.15) is 12.8 Å². The Morgan fingerprint density at radius 2 is 2.45 bits per heavy atom. The SMILES string of the molecule is N[C@@H]1CCCN(C/C=C/Cl)C1. The predicted octanol–water partition coefficient (Wildman–Crippen LogP) is 1.16. The molecule has 0 radical (unpaired) electrons. The highest BCUT2D eigenvalue weighted by molar-refractivity contribution is 6.25. The van der Waals surface area contributed by atoms with E-state index in [1.165, 1.54) is 12.8 Å². The first-order valence-corrected chi connectivity index (χ1v) is 4.49. The standard InChI is InChI=1S/C8H15ClN2/c9-4-2-6-11-5-1-3-8(10)7-11/h2,4,8H,1,3,5-7,10H2/b4-2+/t8-/m1/s1. The molecule has 1 fully saturated rings. The summed E-state index contributed by atoms with van der Waals surface area (Å²) in [5.41, 5.74) is 7.37. The van der Waals surface area contributed by atoms with Crippen LogP contribution in [0.2, 0.25) is 0 Å². The molecule has 0 aromatic rings. The Morgan fingerprint density at radius 1 is 1.64 bits per heavy atom. The molecule has 64 valence electrons. The molecule has 1 aliphatic rings. The number of nitrogens with zero attached hydrogens (tertiary/aromatic N) is 1. The zero-order valence-electron chi connectivity index (χ0n) is 6.67. The van der Waals surface area contributed by atoms with Crippen LogP contribution in [0.5, 0.6) is 0 Å². The Labute approximate surface area is 73.0 Å². The zero-order chi connectivity index (χ0) is 8.10. The normalized spacial score (nSPS) is 28.0. The van der Waals surface area contributed by atoms with Crippen LogP contribution in [0.4, 0.5) is 0 Å². The molecule has 11 heavy (non-hydrogen) atoms. The average molecular weight is 175 g/mol. The first-order chi connectivity index (χ1) is 5.33. The van der Waals surface area contributed by atoms with Gasteiger partial charge >= 0.3 is 0 Å². The van der Waals surface area contributed by atoms with Crippen LogP contribution in [0, 0.1) is 0 Å². The van der Waals surface area contributed by atoms with E-state index in [1.807, 2.05) is 6.08 Å². The number of halogens is 1. The minimum atomic E-state index is 0.368. The van der Waals surface area contributed by atoms with Crippen molar-refractivity contribution in [1.29, 1.82) is 0 Å². The van der Waals surface area contributed by atoms with Crippen LogP contribution < -0.4 is 5.73 Å². The van der Waals surface area contributed by atoms with E-state index in [4.69, 9.17) is 17.3 Å². The Hall–Kier alpha value is -0.0500. The molecular weight excluding hydrogens is 160 g/mol. The monoisotopic (exact) mass is 174 g/mol. The van der Waals surface area contributed by atoms with Crippen LogP contribution >= 0.6 is 11.6 Å². The van der Waals surface area contributed by atoms with Crippen molar-refractivity contribution in [3.05, 3.63) is 11.6 Å². The minimum Gasteiger partial charge on any atom is -0.327 e. The van der Waals surface area contributed by atoms with Gasteiger partial charge in [-0.3, -0.25) is 4.90 Å². The first-order valence-electron chi connectivity index (χ1n) is 4.06. The van der Waals surface area contributed by atoms with E-state index in [1.54, 1.807) is 5.54 Å². The molecule has 1 saturated heterocycles. The van der Waals surface area contributed by atoms with Crippen LogP contribution in [0.15, 0.2) is 11.6 Å². The lowest BCUT2D eigenvalue weighted by atomic mass is 10.1. The van der Waals surface area contributed by atoms with Gasteiger partial charge in [-0.15, -0.1) is 0 Å². The van der Waals surface area contributed by atoms with Gasteiger partial charge in [-0.2, -0.15) is 0 Å². The van der Waals surface area contributed by atoms with Gasteiger partial charge in [0.2, 0.25) is 0 Å². The molecule has 0 amide bonds. The third kappa shape index (κ3) is 3.23. The van der Waals surface area contributed by atoms with E-state index in [-0.39, 0.29) is 0 Å². The zero-order valence-corrected chi connectivity index (χ0v) is 7.43. The maximum absolute atomic E-state index is 5.80. The fourth-order valence-corrected chi connectivity index (χ4v) is 1.53. The van der Waals surface area contributed by atoms with E-state index in [0.29, 0.717) is 6.04 Å². The van der Waals surface area contributed by atoms with Crippen molar-refractivity contribution < 1.29 is 0 Å². The Balaban J connectivity index is 2.22. The lowest BCUT2D eigenvalue weighted by molar-refractivity contribution is 0.229.